The zero-order valence-electron chi connectivity index (χ0n) is 33.2. The maximum atomic E-state index is 14.7. The minimum absolute atomic E-state index is 0.183. The van der Waals surface area contributed by atoms with Gasteiger partial charge in [0.15, 0.2) is 64.0 Å². The van der Waals surface area contributed by atoms with Crippen molar-refractivity contribution in [2.75, 3.05) is 6.61 Å². The van der Waals surface area contributed by atoms with Crippen molar-refractivity contribution in [3.63, 3.8) is 0 Å². The number of carbonyl (C=O) groups excluding carboxylic acids is 6. The number of phenolic OH excluding ortho intramolecular Hbond substituents is 11. The Hall–Kier alpha value is -8.92. The van der Waals surface area contributed by atoms with Gasteiger partial charge in [0.25, 0.3) is 11.6 Å². The molecule has 0 radical (unpaired) electrons. The Bertz CT molecular complexity index is 3020. The van der Waals surface area contributed by atoms with Crippen molar-refractivity contribution in [1.82, 2.24) is 0 Å². The van der Waals surface area contributed by atoms with Gasteiger partial charge in [-0.2, -0.15) is 0 Å². The van der Waals surface area contributed by atoms with E-state index in [9.17, 15) is 100 Å². The Kier molecular flexibility index (Phi) is 9.64. The van der Waals surface area contributed by atoms with Crippen molar-refractivity contribution in [2.45, 2.75) is 48.2 Å². The second kappa shape index (κ2) is 14.8. The SMILES string of the molecule is O=C1OC2C3OC(=O)c4cc(O)c(O)c(O)c4-c4c(cc(O)c(O)c4O)C(=O)OCC3OC(OC(=O)c3cc(O)c(O)c4c3C3C1=CC(=O)C(O)(O)C3(O)O4)C2OC(=O)c1cc(O)c(O)c(O)c1. The highest BCUT2D eigenvalue weighted by Gasteiger charge is 2.70. The number of benzene rings is 4. The molecule has 0 spiro atoms. The Labute approximate surface area is 373 Å². The van der Waals surface area contributed by atoms with Gasteiger partial charge in [0, 0.05) is 16.7 Å². The van der Waals surface area contributed by atoms with E-state index in [2.05, 4.69) is 0 Å². The predicted molar refractivity (Wildman–Crippen MR) is 204 cm³/mol. The van der Waals surface area contributed by atoms with Gasteiger partial charge in [-0.1, -0.05) is 0 Å². The molecule has 1 saturated heterocycles. The van der Waals surface area contributed by atoms with Crippen LogP contribution in [0.5, 0.6) is 69.0 Å². The van der Waals surface area contributed by atoms with Gasteiger partial charge in [0.1, 0.15) is 12.7 Å². The molecule has 14 N–H and O–H groups in total. The summed E-state index contributed by atoms with van der Waals surface area (Å²) < 4.78 is 39.0. The molecule has 4 aliphatic heterocycles. The summed E-state index contributed by atoms with van der Waals surface area (Å²) in [5.74, 6) is -36.1. The van der Waals surface area contributed by atoms with E-state index in [0.717, 1.165) is 0 Å². The molecule has 9 rings (SSSR count). The van der Waals surface area contributed by atoms with Crippen LogP contribution < -0.4 is 4.74 Å². The molecule has 354 valence electrons. The number of aromatic hydroxyl groups is 11. The van der Waals surface area contributed by atoms with E-state index in [4.69, 9.17) is 33.2 Å². The number of aliphatic hydroxyl groups is 3. The molecule has 0 aromatic heterocycles. The molecule has 7 unspecified atom stereocenters. The Morgan fingerprint density at radius 2 is 1.10 bits per heavy atom. The molecule has 27 nitrogen and oxygen atoms in total. The molecule has 68 heavy (non-hydrogen) atoms. The Morgan fingerprint density at radius 1 is 0.588 bits per heavy atom. The van der Waals surface area contributed by atoms with Gasteiger partial charge in [-0.25, -0.2) is 24.0 Å². The van der Waals surface area contributed by atoms with Gasteiger partial charge >= 0.3 is 29.8 Å². The number of hydrogen-bond acceptors (Lipinski definition) is 27. The average molecular weight is 953 g/mol. The highest BCUT2D eigenvalue weighted by Crippen LogP contribution is 2.60. The maximum Gasteiger partial charge on any atom is 0.341 e. The van der Waals surface area contributed by atoms with Crippen LogP contribution in [0.25, 0.3) is 11.1 Å². The number of phenols is 11. The lowest BCUT2D eigenvalue weighted by Gasteiger charge is -2.44. The third kappa shape index (κ3) is 6.21. The number of carbonyl (C=O) groups is 6. The molecule has 4 heterocycles. The smallest absolute Gasteiger partial charge is 0.341 e. The van der Waals surface area contributed by atoms with Gasteiger partial charge < -0.3 is 105 Å². The fourth-order valence-corrected chi connectivity index (χ4v) is 8.26. The molecule has 1 fully saturated rings. The van der Waals surface area contributed by atoms with E-state index < -0.39 is 204 Å². The van der Waals surface area contributed by atoms with Crippen LogP contribution >= 0.6 is 0 Å². The minimum Gasteiger partial charge on any atom is -0.504 e. The molecule has 27 heteroatoms. The zero-order chi connectivity index (χ0) is 49.4. The van der Waals surface area contributed by atoms with Crippen molar-refractivity contribution in [2.24, 2.45) is 0 Å². The molecule has 5 aliphatic rings. The molecule has 4 aromatic carbocycles. The first kappa shape index (κ1) is 44.3. The molecule has 0 saturated carbocycles. The maximum absolute atomic E-state index is 14.7. The van der Waals surface area contributed by atoms with E-state index in [-0.39, 0.29) is 6.08 Å². The fraction of sp³-hybridized carbons (Fsp3) is 0.220. The second-order valence-electron chi connectivity index (χ2n) is 15.5. The van der Waals surface area contributed by atoms with Crippen molar-refractivity contribution < 1.29 is 133 Å². The van der Waals surface area contributed by atoms with Gasteiger partial charge in [-0.05, 0) is 36.4 Å². The Morgan fingerprint density at radius 3 is 1.71 bits per heavy atom. The van der Waals surface area contributed by atoms with Crippen LogP contribution in [-0.4, -0.2) is 156 Å². The largest absolute Gasteiger partial charge is 0.504 e. The predicted octanol–water partition coefficient (Wildman–Crippen LogP) is -1.10. The monoisotopic (exact) mass is 952 g/mol. The molecular formula is C41H28O27. The molecule has 4 aromatic rings. The Balaban J connectivity index is 1.27. The summed E-state index contributed by atoms with van der Waals surface area (Å²) in [6.07, 6.45) is -12.1. The van der Waals surface area contributed by atoms with E-state index in [0.29, 0.717) is 30.3 Å². The highest BCUT2D eigenvalue weighted by atomic mass is 16.8. The van der Waals surface area contributed by atoms with Crippen LogP contribution in [0, 0.1) is 0 Å². The van der Waals surface area contributed by atoms with Crippen LogP contribution in [0.1, 0.15) is 52.9 Å². The van der Waals surface area contributed by atoms with Crippen LogP contribution in [-0.2, 0) is 38.0 Å². The van der Waals surface area contributed by atoms with E-state index in [1.165, 1.54) is 0 Å². The zero-order valence-corrected chi connectivity index (χ0v) is 33.2. The van der Waals surface area contributed by atoms with E-state index in [1.54, 1.807) is 0 Å². The summed E-state index contributed by atoms with van der Waals surface area (Å²) in [5.41, 5.74) is -8.10. The van der Waals surface area contributed by atoms with Gasteiger partial charge in [0.2, 0.25) is 35.4 Å². The number of esters is 5. The minimum atomic E-state index is -4.03. The molecule has 2 bridgehead atoms. The summed E-state index contributed by atoms with van der Waals surface area (Å²) in [4.78, 5) is 84.5. The number of ketones is 1. The van der Waals surface area contributed by atoms with E-state index in [1.807, 2.05) is 0 Å². The molecule has 7 atom stereocenters. The normalized spacial score (nSPS) is 25.7. The summed E-state index contributed by atoms with van der Waals surface area (Å²) in [6.45, 7) is -1.26. The topological polar surface area (TPSA) is 450 Å². The lowest BCUT2D eigenvalue weighted by molar-refractivity contribution is -0.323. The van der Waals surface area contributed by atoms with Gasteiger partial charge in [-0.15, -0.1) is 0 Å². The fourth-order valence-electron chi connectivity index (χ4n) is 8.26. The summed E-state index contributed by atoms with van der Waals surface area (Å²) in [7, 11) is 0. The lowest BCUT2D eigenvalue weighted by atomic mass is 9.74. The van der Waals surface area contributed by atoms with Gasteiger partial charge in [-0.3, -0.25) is 4.79 Å². The van der Waals surface area contributed by atoms with Crippen LogP contribution in [0.15, 0.2) is 42.0 Å². The van der Waals surface area contributed by atoms with Crippen LogP contribution in [0.2, 0.25) is 0 Å². The van der Waals surface area contributed by atoms with Crippen LogP contribution in [0.3, 0.4) is 0 Å². The first-order valence-electron chi connectivity index (χ1n) is 19.1. The van der Waals surface area contributed by atoms with Crippen LogP contribution in [0.4, 0.5) is 0 Å². The van der Waals surface area contributed by atoms with E-state index >= 15 is 0 Å². The molecule has 0 amide bonds. The summed E-state index contributed by atoms with van der Waals surface area (Å²) in [5, 5.41) is 149. The highest BCUT2D eigenvalue weighted by molar-refractivity contribution is 6.09. The van der Waals surface area contributed by atoms with Crippen molar-refractivity contribution in [3.8, 4) is 80.1 Å². The van der Waals surface area contributed by atoms with Crippen molar-refractivity contribution in [3.05, 3.63) is 69.8 Å². The second-order valence-corrected chi connectivity index (χ2v) is 15.5. The van der Waals surface area contributed by atoms with Crippen molar-refractivity contribution >= 4 is 35.6 Å². The first-order valence-corrected chi connectivity index (χ1v) is 19.1. The lowest BCUT2D eigenvalue weighted by Crippen LogP contribution is -2.66. The number of cyclic esters (lactones) is 1. The number of ether oxygens (including phenoxy) is 7. The number of hydrogen-bond donors (Lipinski definition) is 14. The summed E-state index contributed by atoms with van der Waals surface area (Å²) >= 11 is 0. The van der Waals surface area contributed by atoms with Gasteiger partial charge in [0.05, 0.1) is 33.7 Å². The quantitative estimate of drug-likeness (QED) is 0.0491. The number of fused-ring (bicyclic) bond motifs is 7. The number of rotatable bonds is 2. The van der Waals surface area contributed by atoms with Crippen molar-refractivity contribution in [1.29, 1.82) is 0 Å². The average Bonchev–Trinajstić information content (AvgIpc) is 3.60. The molecule has 1 aliphatic carbocycles. The standard InChI is InChI=1S/C41H28O27/c42-13-1-8(2-14(43)24(13)48)34(54)66-33-32-30-18(7-62-35(55)9-3-15(44)25(49)28(52)20(9)21-10(36(56)64-30)4-16(45)26(50)29(21)53)63-39(33)67-37(57)11-5-17(46)27(51)31-22(11)23-12(38(58)65-32)6-19(47)40(59,60)41(23,61)68-31/h1-6,18,23,30,32-33,39,42-46,48-53,59-61H,7H2. The summed E-state index contributed by atoms with van der Waals surface area (Å²) in [6, 6.07) is 2.41. The third-order valence-corrected chi connectivity index (χ3v) is 11.5. The third-order valence-electron chi connectivity index (χ3n) is 11.5. The first-order chi connectivity index (χ1) is 31.9. The molecular weight excluding hydrogens is 924 g/mol.